The van der Waals surface area contributed by atoms with Crippen LogP contribution in [0.2, 0.25) is 0 Å². The predicted molar refractivity (Wildman–Crippen MR) is 109 cm³/mol. The first kappa shape index (κ1) is 21.1. The second-order valence-electron chi connectivity index (χ2n) is 7.95. The zero-order valence-electron chi connectivity index (χ0n) is 16.5. The molecule has 136 valence electrons. The molecule has 0 saturated heterocycles. The number of thioether (sulfide) groups is 1. The lowest BCUT2D eigenvalue weighted by Gasteiger charge is -2.30. The molecule has 0 spiro atoms. The first-order chi connectivity index (χ1) is 11.1. The summed E-state index contributed by atoms with van der Waals surface area (Å²) in [6.07, 6.45) is 18.7. The van der Waals surface area contributed by atoms with E-state index in [2.05, 4.69) is 39.5 Å². The number of hydrogen-bond acceptors (Lipinski definition) is 1. The van der Waals surface area contributed by atoms with E-state index < -0.39 is 0 Å². The van der Waals surface area contributed by atoms with Gasteiger partial charge in [0.15, 0.2) is 0 Å². The zero-order valence-corrected chi connectivity index (χ0v) is 17.3. The van der Waals surface area contributed by atoms with Crippen molar-refractivity contribution < 1.29 is 0 Å². The van der Waals surface area contributed by atoms with Gasteiger partial charge in [-0.05, 0) is 51.2 Å². The second-order valence-corrected chi connectivity index (χ2v) is 9.26. The van der Waals surface area contributed by atoms with Gasteiger partial charge in [-0.25, -0.2) is 0 Å². The molecule has 0 aromatic carbocycles. The molecular weight excluding hydrogens is 296 g/mol. The second kappa shape index (κ2) is 13.4. The Hall–Kier alpha value is 0.0900. The Kier molecular flexibility index (Phi) is 12.3. The largest absolute Gasteiger partial charge is 0.154 e. The molecule has 0 radical (unpaired) electrons. The van der Waals surface area contributed by atoms with Crippen LogP contribution in [0.1, 0.15) is 111 Å². The molecule has 0 aromatic rings. The average Bonchev–Trinajstić information content (AvgIpc) is 2.52. The summed E-state index contributed by atoms with van der Waals surface area (Å²) in [7, 11) is 0. The van der Waals surface area contributed by atoms with Crippen LogP contribution in [0.4, 0.5) is 0 Å². The first-order valence-corrected chi connectivity index (χ1v) is 11.5. The van der Waals surface area contributed by atoms with E-state index in [0.29, 0.717) is 0 Å². The molecule has 0 aromatic heterocycles. The van der Waals surface area contributed by atoms with Crippen LogP contribution in [0.15, 0.2) is 11.1 Å². The van der Waals surface area contributed by atoms with Crippen molar-refractivity contribution in [2.24, 2.45) is 5.92 Å². The zero-order chi connectivity index (χ0) is 16.9. The van der Waals surface area contributed by atoms with Gasteiger partial charge in [-0.2, -0.15) is 11.8 Å². The Bertz CT molecular complexity index is 314. The summed E-state index contributed by atoms with van der Waals surface area (Å²) < 4.78 is 0. The van der Waals surface area contributed by atoms with E-state index >= 15 is 0 Å². The summed E-state index contributed by atoms with van der Waals surface area (Å²) in [5, 5.41) is 0.835. The lowest BCUT2D eigenvalue weighted by molar-refractivity contribution is 0.448. The van der Waals surface area contributed by atoms with Crippen molar-refractivity contribution in [2.75, 3.05) is 5.75 Å². The van der Waals surface area contributed by atoms with E-state index in [1.165, 1.54) is 89.2 Å². The molecule has 1 heteroatoms. The molecule has 1 fully saturated rings. The van der Waals surface area contributed by atoms with E-state index in [4.69, 9.17) is 0 Å². The minimum atomic E-state index is 0.835. The molecule has 1 rings (SSSR count). The molecule has 0 bridgehead atoms. The summed E-state index contributed by atoms with van der Waals surface area (Å²) in [6.45, 7) is 9.38. The van der Waals surface area contributed by atoms with Gasteiger partial charge in [0.05, 0.1) is 0 Å². The van der Waals surface area contributed by atoms with Crippen LogP contribution in [0.5, 0.6) is 0 Å². The molecule has 23 heavy (non-hydrogen) atoms. The Morgan fingerprint density at radius 2 is 1.48 bits per heavy atom. The van der Waals surface area contributed by atoms with Gasteiger partial charge in [-0.15, -0.1) is 0 Å². The molecule has 1 saturated carbocycles. The molecular formula is C22H42S. The highest BCUT2D eigenvalue weighted by Gasteiger charge is 2.24. The van der Waals surface area contributed by atoms with Gasteiger partial charge in [0.25, 0.3) is 0 Å². The monoisotopic (exact) mass is 338 g/mol. The van der Waals surface area contributed by atoms with Gasteiger partial charge >= 0.3 is 0 Å². The number of unbranched alkanes of at least 4 members (excludes halogenated alkanes) is 9. The van der Waals surface area contributed by atoms with Crippen LogP contribution in [-0.2, 0) is 0 Å². The fourth-order valence-corrected chi connectivity index (χ4v) is 5.42. The first-order valence-electron chi connectivity index (χ1n) is 10.4. The Morgan fingerprint density at radius 3 is 2.04 bits per heavy atom. The summed E-state index contributed by atoms with van der Waals surface area (Å²) in [6, 6.07) is 0. The molecule has 2 atom stereocenters. The van der Waals surface area contributed by atoms with Crippen molar-refractivity contribution in [1.29, 1.82) is 0 Å². The maximum atomic E-state index is 2.44. The SMILES string of the molecule is CCCCCCCCCCCCSC1CC(C)CCC1=C(C)C. The van der Waals surface area contributed by atoms with E-state index in [9.17, 15) is 0 Å². The third-order valence-electron chi connectivity index (χ3n) is 5.37. The van der Waals surface area contributed by atoms with Crippen LogP contribution in [0.25, 0.3) is 0 Å². The molecule has 0 amide bonds. The van der Waals surface area contributed by atoms with Gasteiger partial charge in [0.1, 0.15) is 0 Å². The number of allylic oxidation sites excluding steroid dienone is 1. The van der Waals surface area contributed by atoms with Crippen molar-refractivity contribution >= 4 is 11.8 Å². The molecule has 0 nitrogen and oxygen atoms in total. The van der Waals surface area contributed by atoms with E-state index in [1.54, 1.807) is 11.1 Å². The quantitative estimate of drug-likeness (QED) is 0.255. The fourth-order valence-electron chi connectivity index (χ4n) is 3.74. The van der Waals surface area contributed by atoms with Gasteiger partial charge in [0, 0.05) is 5.25 Å². The van der Waals surface area contributed by atoms with Crippen molar-refractivity contribution in [2.45, 2.75) is 116 Å². The summed E-state index contributed by atoms with van der Waals surface area (Å²) in [5.74, 6) is 2.31. The molecule has 0 aliphatic heterocycles. The van der Waals surface area contributed by atoms with Crippen LogP contribution in [-0.4, -0.2) is 11.0 Å². The highest BCUT2D eigenvalue weighted by Crippen LogP contribution is 2.37. The van der Waals surface area contributed by atoms with Crippen LogP contribution >= 0.6 is 11.8 Å². The minimum absolute atomic E-state index is 0.835. The van der Waals surface area contributed by atoms with Gasteiger partial charge in [-0.3, -0.25) is 0 Å². The topological polar surface area (TPSA) is 0 Å². The highest BCUT2D eigenvalue weighted by molar-refractivity contribution is 8.00. The number of rotatable bonds is 12. The average molecular weight is 339 g/mol. The predicted octanol–water partition coefficient (Wildman–Crippen LogP) is 8.17. The highest BCUT2D eigenvalue weighted by atomic mass is 32.2. The van der Waals surface area contributed by atoms with Crippen molar-refractivity contribution in [3.63, 3.8) is 0 Å². The summed E-state index contributed by atoms with van der Waals surface area (Å²) in [5.41, 5.74) is 3.37. The molecule has 1 aliphatic carbocycles. The normalized spacial score (nSPS) is 21.7. The lowest BCUT2D eigenvalue weighted by atomic mass is 9.85. The summed E-state index contributed by atoms with van der Waals surface area (Å²) in [4.78, 5) is 0. The Labute approximate surface area is 151 Å². The lowest BCUT2D eigenvalue weighted by Crippen LogP contribution is -2.19. The standard InChI is InChI=1S/C22H42S/c1-5-6-7-8-9-10-11-12-13-14-17-23-22-18-20(4)15-16-21(22)19(2)3/h20,22H,5-18H2,1-4H3. The number of hydrogen-bond donors (Lipinski definition) is 0. The Morgan fingerprint density at radius 1 is 0.913 bits per heavy atom. The smallest absolute Gasteiger partial charge is 0.0261 e. The third kappa shape index (κ3) is 9.85. The fraction of sp³-hybridized carbons (Fsp3) is 0.909. The molecule has 1 aliphatic rings. The maximum absolute atomic E-state index is 2.44. The van der Waals surface area contributed by atoms with Crippen LogP contribution in [0.3, 0.4) is 0 Å². The van der Waals surface area contributed by atoms with Crippen molar-refractivity contribution in [3.8, 4) is 0 Å². The summed E-state index contributed by atoms with van der Waals surface area (Å²) >= 11 is 2.26. The molecule has 0 heterocycles. The van der Waals surface area contributed by atoms with Crippen molar-refractivity contribution in [1.82, 2.24) is 0 Å². The van der Waals surface area contributed by atoms with Gasteiger partial charge in [0.2, 0.25) is 0 Å². The third-order valence-corrected chi connectivity index (χ3v) is 6.77. The van der Waals surface area contributed by atoms with Gasteiger partial charge in [-0.1, -0.05) is 82.8 Å². The van der Waals surface area contributed by atoms with E-state index in [0.717, 1.165) is 11.2 Å². The van der Waals surface area contributed by atoms with E-state index in [-0.39, 0.29) is 0 Å². The maximum Gasteiger partial charge on any atom is 0.0261 e. The van der Waals surface area contributed by atoms with Crippen LogP contribution < -0.4 is 0 Å². The van der Waals surface area contributed by atoms with Gasteiger partial charge < -0.3 is 0 Å². The Balaban J connectivity index is 2.00. The van der Waals surface area contributed by atoms with Crippen LogP contribution in [0, 0.1) is 5.92 Å². The molecule has 2 unspecified atom stereocenters. The van der Waals surface area contributed by atoms with Crippen molar-refractivity contribution in [3.05, 3.63) is 11.1 Å². The minimum Gasteiger partial charge on any atom is -0.154 e. The molecule has 0 N–H and O–H groups in total. The van der Waals surface area contributed by atoms with E-state index in [1.807, 2.05) is 0 Å².